The molecule has 128 valence electrons. The van der Waals surface area contributed by atoms with Crippen molar-refractivity contribution in [1.82, 2.24) is 4.90 Å². The van der Waals surface area contributed by atoms with Gasteiger partial charge in [-0.15, -0.1) is 0 Å². The van der Waals surface area contributed by atoms with E-state index in [0.29, 0.717) is 38.3 Å². The van der Waals surface area contributed by atoms with Gasteiger partial charge in [0.2, 0.25) is 5.91 Å². The van der Waals surface area contributed by atoms with E-state index in [9.17, 15) is 18.0 Å². The Morgan fingerprint density at radius 1 is 1.35 bits per heavy atom. The van der Waals surface area contributed by atoms with Gasteiger partial charge >= 0.3 is 6.18 Å². The lowest BCUT2D eigenvalue weighted by molar-refractivity contribution is -0.138. The molecule has 0 N–H and O–H groups in total. The summed E-state index contributed by atoms with van der Waals surface area (Å²) < 4.78 is 48.1. The van der Waals surface area contributed by atoms with E-state index in [4.69, 9.17) is 9.47 Å². The molecule has 1 atom stereocenters. The van der Waals surface area contributed by atoms with Crippen LogP contribution in [0.15, 0.2) is 24.3 Å². The second-order valence-corrected chi connectivity index (χ2v) is 5.49. The molecule has 0 spiro atoms. The van der Waals surface area contributed by atoms with E-state index in [2.05, 4.69) is 0 Å². The average molecular weight is 331 g/mol. The highest BCUT2D eigenvalue weighted by Gasteiger charge is 2.30. The van der Waals surface area contributed by atoms with E-state index in [1.165, 1.54) is 12.1 Å². The van der Waals surface area contributed by atoms with Crippen LogP contribution < -0.4 is 0 Å². The van der Waals surface area contributed by atoms with Gasteiger partial charge in [-0.05, 0) is 24.1 Å². The van der Waals surface area contributed by atoms with Crippen LogP contribution in [-0.4, -0.2) is 50.3 Å². The lowest BCUT2D eigenvalue weighted by atomic mass is 10.1. The number of carbonyl (C=O) groups excluding carboxylic acids is 1. The van der Waals surface area contributed by atoms with E-state index < -0.39 is 11.7 Å². The van der Waals surface area contributed by atoms with Crippen molar-refractivity contribution in [2.75, 3.05) is 33.4 Å². The zero-order valence-corrected chi connectivity index (χ0v) is 12.9. The zero-order valence-electron chi connectivity index (χ0n) is 12.9. The normalized spacial score (nSPS) is 19.0. The molecule has 4 nitrogen and oxygen atoms in total. The number of nitrogens with zero attached hydrogens (tertiary/aromatic N) is 1. The summed E-state index contributed by atoms with van der Waals surface area (Å²) in [7, 11) is 1.61. The maximum Gasteiger partial charge on any atom is 0.416 e. The van der Waals surface area contributed by atoms with E-state index >= 15 is 0 Å². The molecular weight excluding hydrogens is 311 g/mol. The number of alkyl halides is 3. The lowest BCUT2D eigenvalue weighted by Crippen LogP contribution is -2.46. The third-order valence-corrected chi connectivity index (χ3v) is 3.77. The maximum absolute atomic E-state index is 12.5. The van der Waals surface area contributed by atoms with Crippen molar-refractivity contribution in [2.45, 2.75) is 25.1 Å². The largest absolute Gasteiger partial charge is 0.416 e. The average Bonchev–Trinajstić information content (AvgIpc) is 2.53. The second-order valence-electron chi connectivity index (χ2n) is 5.49. The Labute approximate surface area is 133 Å². The number of rotatable bonds is 5. The number of methoxy groups -OCH3 is 1. The molecule has 1 aromatic rings. The molecule has 0 saturated carbocycles. The van der Waals surface area contributed by atoms with E-state index in [0.717, 1.165) is 12.1 Å². The van der Waals surface area contributed by atoms with Crippen LogP contribution in [0, 0.1) is 0 Å². The first-order valence-corrected chi connectivity index (χ1v) is 7.44. The van der Waals surface area contributed by atoms with Crippen molar-refractivity contribution in [3.8, 4) is 0 Å². The highest BCUT2D eigenvalue weighted by molar-refractivity contribution is 5.78. The van der Waals surface area contributed by atoms with Crippen LogP contribution in [0.2, 0.25) is 0 Å². The van der Waals surface area contributed by atoms with Crippen LogP contribution in [0.1, 0.15) is 17.5 Å². The van der Waals surface area contributed by atoms with Gasteiger partial charge in [-0.25, -0.2) is 0 Å². The van der Waals surface area contributed by atoms with E-state index in [1.807, 2.05) is 0 Å². The van der Waals surface area contributed by atoms with Crippen molar-refractivity contribution >= 4 is 5.91 Å². The van der Waals surface area contributed by atoms with Crippen molar-refractivity contribution in [3.63, 3.8) is 0 Å². The molecule has 7 heteroatoms. The van der Waals surface area contributed by atoms with E-state index in [1.54, 1.807) is 12.0 Å². The quantitative estimate of drug-likeness (QED) is 0.832. The molecule has 1 fully saturated rings. The summed E-state index contributed by atoms with van der Waals surface area (Å²) in [5.41, 5.74) is -0.136. The summed E-state index contributed by atoms with van der Waals surface area (Å²) >= 11 is 0. The Balaban J connectivity index is 1.90. The first-order valence-electron chi connectivity index (χ1n) is 7.44. The number of ether oxygens (including phenoxy) is 2. The monoisotopic (exact) mass is 331 g/mol. The Hall–Kier alpha value is -1.60. The lowest BCUT2D eigenvalue weighted by Gasteiger charge is -2.33. The molecule has 0 aliphatic carbocycles. The molecule has 1 aromatic carbocycles. The SMILES string of the molecule is COCC[C@H]1CN(C(=O)Cc2ccc(C(F)(F)F)cc2)CCO1. The van der Waals surface area contributed by atoms with Crippen LogP contribution in [-0.2, 0) is 26.9 Å². The Morgan fingerprint density at radius 3 is 2.65 bits per heavy atom. The van der Waals surface area contributed by atoms with Gasteiger partial charge in [-0.1, -0.05) is 12.1 Å². The van der Waals surface area contributed by atoms with Gasteiger partial charge in [0.1, 0.15) is 0 Å². The molecule has 0 unspecified atom stereocenters. The van der Waals surface area contributed by atoms with Crippen LogP contribution in [0.5, 0.6) is 0 Å². The van der Waals surface area contributed by atoms with Crippen LogP contribution in [0.4, 0.5) is 13.2 Å². The van der Waals surface area contributed by atoms with Gasteiger partial charge in [0.25, 0.3) is 0 Å². The molecule has 0 radical (unpaired) electrons. The first kappa shape index (κ1) is 17.7. The van der Waals surface area contributed by atoms with Gasteiger partial charge in [0.15, 0.2) is 0 Å². The Morgan fingerprint density at radius 2 is 2.04 bits per heavy atom. The second kappa shape index (κ2) is 7.79. The Kier molecular flexibility index (Phi) is 6.01. The fourth-order valence-electron chi connectivity index (χ4n) is 2.47. The van der Waals surface area contributed by atoms with Gasteiger partial charge in [-0.2, -0.15) is 13.2 Å². The zero-order chi connectivity index (χ0) is 16.9. The molecule has 1 aliphatic heterocycles. The van der Waals surface area contributed by atoms with E-state index in [-0.39, 0.29) is 18.4 Å². The van der Waals surface area contributed by atoms with Crippen molar-refractivity contribution in [3.05, 3.63) is 35.4 Å². The smallest absolute Gasteiger partial charge is 0.385 e. The van der Waals surface area contributed by atoms with Crippen molar-refractivity contribution in [2.24, 2.45) is 0 Å². The Bertz CT molecular complexity index is 516. The predicted molar refractivity (Wildman–Crippen MR) is 78.0 cm³/mol. The standard InChI is InChI=1S/C16H20F3NO3/c1-22-8-6-14-11-20(7-9-23-14)15(21)10-12-2-4-13(5-3-12)16(17,18)19/h2-5,14H,6-11H2,1H3/t14-/m0/s1. The number of hydrogen-bond acceptors (Lipinski definition) is 3. The number of carbonyl (C=O) groups is 1. The fourth-order valence-corrected chi connectivity index (χ4v) is 2.47. The molecule has 0 bridgehead atoms. The van der Waals surface area contributed by atoms with Crippen LogP contribution in [0.25, 0.3) is 0 Å². The van der Waals surface area contributed by atoms with Crippen molar-refractivity contribution < 1.29 is 27.4 Å². The molecule has 1 saturated heterocycles. The topological polar surface area (TPSA) is 38.8 Å². The summed E-state index contributed by atoms with van der Waals surface area (Å²) in [6, 6.07) is 4.71. The fraction of sp³-hybridized carbons (Fsp3) is 0.562. The number of morpholine rings is 1. The third kappa shape index (κ3) is 5.21. The minimum atomic E-state index is -4.36. The van der Waals surface area contributed by atoms with Crippen molar-refractivity contribution in [1.29, 1.82) is 0 Å². The molecule has 1 amide bonds. The molecule has 2 rings (SSSR count). The summed E-state index contributed by atoms with van der Waals surface area (Å²) in [5.74, 6) is -0.101. The minimum absolute atomic E-state index is 0.0553. The summed E-state index contributed by atoms with van der Waals surface area (Å²) in [5, 5.41) is 0. The highest BCUT2D eigenvalue weighted by atomic mass is 19.4. The molecule has 1 heterocycles. The summed E-state index contributed by atoms with van der Waals surface area (Å²) in [6.45, 7) is 2.02. The molecule has 1 aliphatic rings. The summed E-state index contributed by atoms with van der Waals surface area (Å²) in [6.07, 6.45) is -3.61. The first-order chi connectivity index (χ1) is 10.9. The molecule has 0 aromatic heterocycles. The number of hydrogen-bond donors (Lipinski definition) is 0. The van der Waals surface area contributed by atoms with Gasteiger partial charge in [0.05, 0.1) is 24.7 Å². The minimum Gasteiger partial charge on any atom is -0.385 e. The maximum atomic E-state index is 12.5. The number of benzene rings is 1. The molecule has 23 heavy (non-hydrogen) atoms. The third-order valence-electron chi connectivity index (χ3n) is 3.77. The van der Waals surface area contributed by atoms with Gasteiger partial charge in [-0.3, -0.25) is 4.79 Å². The van der Waals surface area contributed by atoms with Crippen LogP contribution >= 0.6 is 0 Å². The predicted octanol–water partition coefficient (Wildman–Crippen LogP) is 2.51. The van der Waals surface area contributed by atoms with Crippen LogP contribution in [0.3, 0.4) is 0 Å². The number of halogens is 3. The summed E-state index contributed by atoms with van der Waals surface area (Å²) in [4.78, 5) is 14.0. The highest BCUT2D eigenvalue weighted by Crippen LogP contribution is 2.29. The van der Waals surface area contributed by atoms with Gasteiger partial charge < -0.3 is 14.4 Å². The van der Waals surface area contributed by atoms with Gasteiger partial charge in [0, 0.05) is 26.8 Å². The number of amides is 1. The molecular formula is C16H20F3NO3.